The molecule has 1 atom stereocenters. The first-order valence-corrected chi connectivity index (χ1v) is 5.45. The lowest BCUT2D eigenvalue weighted by atomic mass is 9.96. The minimum absolute atomic E-state index is 0.223. The summed E-state index contributed by atoms with van der Waals surface area (Å²) in [5, 5.41) is 17.1. The van der Waals surface area contributed by atoms with E-state index in [2.05, 4.69) is 16.3 Å². The van der Waals surface area contributed by atoms with Gasteiger partial charge in [-0.2, -0.15) is 15.5 Å². The molecule has 5 nitrogen and oxygen atoms in total. The zero-order chi connectivity index (χ0) is 12.4. The van der Waals surface area contributed by atoms with Gasteiger partial charge in [0.1, 0.15) is 5.92 Å². The van der Waals surface area contributed by atoms with Crippen LogP contribution in [-0.2, 0) is 0 Å². The molecule has 1 aliphatic rings. The van der Waals surface area contributed by atoms with E-state index in [4.69, 9.17) is 9.47 Å². The van der Waals surface area contributed by atoms with Crippen LogP contribution in [0.3, 0.4) is 0 Å². The van der Waals surface area contributed by atoms with Crippen LogP contribution < -0.4 is 9.47 Å². The van der Waals surface area contributed by atoms with Crippen molar-refractivity contribution in [2.45, 2.75) is 5.92 Å². The predicted molar refractivity (Wildman–Crippen MR) is 62.1 cm³/mol. The van der Waals surface area contributed by atoms with Crippen molar-refractivity contribution >= 4 is 0 Å². The Morgan fingerprint density at radius 2 is 2.11 bits per heavy atom. The van der Waals surface area contributed by atoms with Gasteiger partial charge in [-0.15, -0.1) is 0 Å². The molecule has 0 spiro atoms. The van der Waals surface area contributed by atoms with Gasteiger partial charge in [0.15, 0.2) is 11.5 Å². The van der Waals surface area contributed by atoms with Crippen molar-refractivity contribution < 1.29 is 9.47 Å². The Morgan fingerprint density at radius 3 is 2.89 bits per heavy atom. The quantitative estimate of drug-likeness (QED) is 0.800. The Bertz CT molecular complexity index is 607. The third kappa shape index (κ3) is 1.74. The molecule has 0 fully saturated rings. The van der Waals surface area contributed by atoms with Crippen LogP contribution in [0.1, 0.15) is 17.2 Å². The molecule has 2 heterocycles. The van der Waals surface area contributed by atoms with Crippen LogP contribution >= 0.6 is 0 Å². The first kappa shape index (κ1) is 10.5. The van der Waals surface area contributed by atoms with Crippen LogP contribution in [0, 0.1) is 11.3 Å². The molecule has 2 aromatic rings. The Labute approximate surface area is 104 Å². The average Bonchev–Trinajstić information content (AvgIpc) is 2.88. The topological polar surface area (TPSA) is 68.0 Å². The highest BCUT2D eigenvalue weighted by atomic mass is 16.7. The third-order valence-electron chi connectivity index (χ3n) is 2.75. The first-order chi connectivity index (χ1) is 8.88. The maximum atomic E-state index is 9.29. The number of hydrogen-bond acceptors (Lipinski definition) is 5. The molecule has 0 bridgehead atoms. The molecule has 0 radical (unpaired) electrons. The maximum Gasteiger partial charge on any atom is 0.231 e. The summed E-state index contributed by atoms with van der Waals surface area (Å²) in [4.78, 5) is 0. The summed E-state index contributed by atoms with van der Waals surface area (Å²) in [6, 6.07) is 11.2. The number of aromatic nitrogens is 2. The summed E-state index contributed by atoms with van der Waals surface area (Å²) < 4.78 is 10.5. The van der Waals surface area contributed by atoms with Gasteiger partial charge in [-0.25, -0.2) is 0 Å². The van der Waals surface area contributed by atoms with Crippen LogP contribution in [-0.4, -0.2) is 17.0 Å². The fourth-order valence-electron chi connectivity index (χ4n) is 1.87. The number of ether oxygens (including phenoxy) is 2. The monoisotopic (exact) mass is 239 g/mol. The molecular weight excluding hydrogens is 230 g/mol. The van der Waals surface area contributed by atoms with E-state index < -0.39 is 5.92 Å². The summed E-state index contributed by atoms with van der Waals surface area (Å²) >= 11 is 0. The summed E-state index contributed by atoms with van der Waals surface area (Å²) in [5.74, 6) is 0.916. The molecular formula is C13H9N3O2. The largest absolute Gasteiger partial charge is 0.454 e. The van der Waals surface area contributed by atoms with Crippen LogP contribution in [0.2, 0.25) is 0 Å². The van der Waals surface area contributed by atoms with E-state index in [1.54, 1.807) is 24.4 Å². The first-order valence-electron chi connectivity index (χ1n) is 5.45. The Morgan fingerprint density at radius 1 is 1.22 bits per heavy atom. The van der Waals surface area contributed by atoms with Crippen molar-refractivity contribution in [3.63, 3.8) is 0 Å². The van der Waals surface area contributed by atoms with E-state index in [9.17, 15) is 5.26 Å². The molecule has 0 amide bonds. The number of rotatable bonds is 2. The van der Waals surface area contributed by atoms with E-state index in [1.807, 2.05) is 12.1 Å². The lowest BCUT2D eigenvalue weighted by Gasteiger charge is -2.08. The Hall–Kier alpha value is -2.61. The highest BCUT2D eigenvalue weighted by Crippen LogP contribution is 2.35. The SMILES string of the molecule is N#CC(c1ccc2c(c1)OCO2)c1cccnn1. The number of fused-ring (bicyclic) bond motifs is 1. The van der Waals surface area contributed by atoms with Crippen molar-refractivity contribution in [1.82, 2.24) is 10.2 Å². The van der Waals surface area contributed by atoms with Crippen LogP contribution in [0.5, 0.6) is 11.5 Å². The van der Waals surface area contributed by atoms with E-state index >= 15 is 0 Å². The normalized spacial score (nSPS) is 13.9. The second kappa shape index (κ2) is 4.34. The Kier molecular flexibility index (Phi) is 2.54. The fourth-order valence-corrected chi connectivity index (χ4v) is 1.87. The molecule has 5 heteroatoms. The van der Waals surface area contributed by atoms with Gasteiger partial charge in [0.25, 0.3) is 0 Å². The maximum absolute atomic E-state index is 9.29. The van der Waals surface area contributed by atoms with Gasteiger partial charge < -0.3 is 9.47 Å². The molecule has 1 unspecified atom stereocenters. The molecule has 0 N–H and O–H groups in total. The van der Waals surface area contributed by atoms with Gasteiger partial charge in [-0.1, -0.05) is 6.07 Å². The zero-order valence-corrected chi connectivity index (χ0v) is 9.41. The molecule has 1 aromatic heterocycles. The van der Waals surface area contributed by atoms with Crippen LogP contribution in [0.15, 0.2) is 36.5 Å². The summed E-state index contributed by atoms with van der Waals surface area (Å²) in [6.45, 7) is 0.223. The van der Waals surface area contributed by atoms with E-state index in [0.717, 1.165) is 5.56 Å². The number of benzene rings is 1. The molecule has 1 aliphatic heterocycles. The summed E-state index contributed by atoms with van der Waals surface area (Å²) in [7, 11) is 0. The fraction of sp³-hybridized carbons (Fsp3) is 0.154. The number of nitriles is 1. The van der Waals surface area contributed by atoms with Gasteiger partial charge in [0, 0.05) is 6.20 Å². The van der Waals surface area contributed by atoms with Crippen molar-refractivity contribution in [2.75, 3.05) is 6.79 Å². The molecule has 88 valence electrons. The van der Waals surface area contributed by atoms with Gasteiger partial charge >= 0.3 is 0 Å². The molecule has 0 saturated carbocycles. The Balaban J connectivity index is 2.01. The lowest BCUT2D eigenvalue weighted by molar-refractivity contribution is 0.174. The minimum Gasteiger partial charge on any atom is -0.454 e. The standard InChI is InChI=1S/C13H9N3O2/c14-7-10(11-2-1-5-15-16-11)9-3-4-12-13(6-9)18-8-17-12/h1-6,10H,8H2. The molecule has 3 rings (SSSR count). The molecule has 0 aliphatic carbocycles. The van der Waals surface area contributed by atoms with Gasteiger partial charge in [0.05, 0.1) is 11.8 Å². The van der Waals surface area contributed by atoms with Gasteiger partial charge in [0.2, 0.25) is 6.79 Å². The number of nitrogens with zero attached hydrogens (tertiary/aromatic N) is 3. The van der Waals surface area contributed by atoms with Crippen LogP contribution in [0.4, 0.5) is 0 Å². The third-order valence-corrected chi connectivity index (χ3v) is 2.75. The van der Waals surface area contributed by atoms with E-state index in [-0.39, 0.29) is 6.79 Å². The van der Waals surface area contributed by atoms with E-state index in [1.165, 1.54) is 0 Å². The van der Waals surface area contributed by atoms with Gasteiger partial charge in [-0.05, 0) is 29.8 Å². The van der Waals surface area contributed by atoms with Gasteiger partial charge in [-0.3, -0.25) is 0 Å². The van der Waals surface area contributed by atoms with Crippen LogP contribution in [0.25, 0.3) is 0 Å². The second-order valence-electron chi connectivity index (χ2n) is 3.82. The highest BCUT2D eigenvalue weighted by Gasteiger charge is 2.20. The van der Waals surface area contributed by atoms with E-state index in [0.29, 0.717) is 17.2 Å². The number of hydrogen-bond donors (Lipinski definition) is 0. The van der Waals surface area contributed by atoms with Crippen molar-refractivity contribution in [1.29, 1.82) is 5.26 Å². The van der Waals surface area contributed by atoms with Crippen molar-refractivity contribution in [3.8, 4) is 17.6 Å². The van der Waals surface area contributed by atoms with Crippen molar-refractivity contribution in [3.05, 3.63) is 47.8 Å². The lowest BCUT2D eigenvalue weighted by Crippen LogP contribution is -2.01. The predicted octanol–water partition coefficient (Wildman–Crippen LogP) is 1.86. The second-order valence-corrected chi connectivity index (χ2v) is 3.82. The molecule has 18 heavy (non-hydrogen) atoms. The molecule has 1 aromatic carbocycles. The zero-order valence-electron chi connectivity index (χ0n) is 9.41. The minimum atomic E-state index is -0.451. The summed E-state index contributed by atoms with van der Waals surface area (Å²) in [6.07, 6.45) is 1.58. The average molecular weight is 239 g/mol. The molecule has 0 saturated heterocycles. The van der Waals surface area contributed by atoms with Crippen molar-refractivity contribution in [2.24, 2.45) is 0 Å². The highest BCUT2D eigenvalue weighted by molar-refractivity contribution is 5.48. The smallest absolute Gasteiger partial charge is 0.231 e. The summed E-state index contributed by atoms with van der Waals surface area (Å²) in [5.41, 5.74) is 1.45.